The maximum absolute atomic E-state index is 5.97. The fraction of sp³-hybridized carbons (Fsp3) is 0.0667. The van der Waals surface area contributed by atoms with Crippen molar-refractivity contribution in [1.29, 1.82) is 0 Å². The van der Waals surface area contributed by atoms with Crippen LogP contribution in [0, 0.1) is 0 Å². The van der Waals surface area contributed by atoms with Crippen LogP contribution in [0.15, 0.2) is 53.1 Å². The van der Waals surface area contributed by atoms with Gasteiger partial charge in [0, 0.05) is 10.2 Å². The molecular weight excluding hydrogens is 338 g/mol. The van der Waals surface area contributed by atoms with E-state index < -0.39 is 0 Å². The molecule has 1 N–H and O–H groups in total. The van der Waals surface area contributed by atoms with Crippen LogP contribution in [0.3, 0.4) is 0 Å². The quantitative estimate of drug-likeness (QED) is 0.748. The number of nitrogens with one attached hydrogen (secondary N) is 1. The minimum Gasteiger partial charge on any atom is -0.379 e. The summed E-state index contributed by atoms with van der Waals surface area (Å²) in [6, 6.07) is 13.6. The van der Waals surface area contributed by atoms with Crippen LogP contribution in [0.2, 0.25) is 5.02 Å². The van der Waals surface area contributed by atoms with Crippen molar-refractivity contribution >= 4 is 44.3 Å². The largest absolute Gasteiger partial charge is 0.379 e. The van der Waals surface area contributed by atoms with Crippen LogP contribution >= 0.6 is 27.5 Å². The molecule has 5 heteroatoms. The molecule has 0 fully saturated rings. The second-order valence-corrected chi connectivity index (χ2v) is 5.59. The molecule has 3 rings (SSSR count). The van der Waals surface area contributed by atoms with Gasteiger partial charge in [-0.1, -0.05) is 23.7 Å². The molecule has 0 radical (unpaired) electrons. The van der Waals surface area contributed by atoms with E-state index >= 15 is 0 Å². The van der Waals surface area contributed by atoms with E-state index in [0.29, 0.717) is 11.6 Å². The minimum atomic E-state index is 0.617. The summed E-state index contributed by atoms with van der Waals surface area (Å²) in [6.07, 6.45) is 1.79. The Balaban J connectivity index is 1.77. The van der Waals surface area contributed by atoms with Gasteiger partial charge in [-0.15, -0.1) is 0 Å². The van der Waals surface area contributed by atoms with E-state index in [1.165, 1.54) is 0 Å². The van der Waals surface area contributed by atoms with Gasteiger partial charge in [0.05, 0.1) is 34.5 Å². The van der Waals surface area contributed by atoms with Crippen molar-refractivity contribution in [2.75, 3.05) is 5.32 Å². The lowest BCUT2D eigenvalue weighted by molar-refractivity contribution is 1.04. The third-order valence-corrected chi connectivity index (χ3v) is 4.11. The first-order valence-electron chi connectivity index (χ1n) is 6.12. The van der Waals surface area contributed by atoms with Crippen molar-refractivity contribution in [2.45, 2.75) is 6.54 Å². The molecule has 0 saturated carbocycles. The number of fused-ring (bicyclic) bond motifs is 1. The minimum absolute atomic E-state index is 0.617. The molecule has 3 aromatic rings. The summed E-state index contributed by atoms with van der Waals surface area (Å²) >= 11 is 9.37. The predicted molar refractivity (Wildman–Crippen MR) is 86.0 cm³/mol. The zero-order valence-corrected chi connectivity index (χ0v) is 12.8. The predicted octanol–water partition coefficient (Wildman–Crippen LogP) is 4.66. The van der Waals surface area contributed by atoms with Crippen molar-refractivity contribution in [2.24, 2.45) is 0 Å². The Morgan fingerprint density at radius 2 is 1.90 bits per heavy atom. The average molecular weight is 349 g/mol. The van der Waals surface area contributed by atoms with E-state index in [0.717, 1.165) is 26.9 Å². The molecule has 1 aromatic heterocycles. The summed E-state index contributed by atoms with van der Waals surface area (Å²) in [6.45, 7) is 0.617. The summed E-state index contributed by atoms with van der Waals surface area (Å²) in [5.74, 6) is 0. The normalized spacial score (nSPS) is 10.7. The van der Waals surface area contributed by atoms with Crippen LogP contribution in [0.4, 0.5) is 5.69 Å². The van der Waals surface area contributed by atoms with Crippen molar-refractivity contribution in [3.05, 3.63) is 63.9 Å². The number of para-hydroxylation sites is 2. The molecule has 0 bridgehead atoms. The van der Waals surface area contributed by atoms with Crippen molar-refractivity contribution in [3.63, 3.8) is 0 Å². The third kappa shape index (κ3) is 2.92. The van der Waals surface area contributed by atoms with E-state index in [2.05, 4.69) is 31.2 Å². The highest BCUT2D eigenvalue weighted by Crippen LogP contribution is 2.25. The number of hydrogen-bond donors (Lipinski definition) is 1. The highest BCUT2D eigenvalue weighted by Gasteiger charge is 2.01. The second kappa shape index (κ2) is 5.77. The standard InChI is InChI=1S/C15H11BrClN3/c16-12-7-10(5-6-13(12)17)18-8-11-9-19-14-3-1-2-4-15(14)20-11/h1-7,9,18H,8H2. The first kappa shape index (κ1) is 13.3. The lowest BCUT2D eigenvalue weighted by atomic mass is 10.3. The Kier molecular flexibility index (Phi) is 3.85. The Morgan fingerprint density at radius 1 is 1.10 bits per heavy atom. The van der Waals surface area contributed by atoms with Crippen LogP contribution in [-0.4, -0.2) is 9.97 Å². The molecule has 20 heavy (non-hydrogen) atoms. The molecule has 0 amide bonds. The number of hydrogen-bond acceptors (Lipinski definition) is 3. The SMILES string of the molecule is Clc1ccc(NCc2cnc3ccccc3n2)cc1Br. The van der Waals surface area contributed by atoms with Gasteiger partial charge in [-0.3, -0.25) is 4.98 Å². The monoisotopic (exact) mass is 347 g/mol. The lowest BCUT2D eigenvalue weighted by Crippen LogP contribution is -2.02. The number of halogens is 2. The molecule has 1 heterocycles. The van der Waals surface area contributed by atoms with Crippen LogP contribution in [0.25, 0.3) is 11.0 Å². The first-order chi connectivity index (χ1) is 9.72. The van der Waals surface area contributed by atoms with Crippen LogP contribution < -0.4 is 5.32 Å². The second-order valence-electron chi connectivity index (χ2n) is 4.33. The number of benzene rings is 2. The molecule has 0 aliphatic heterocycles. The molecular formula is C15H11BrClN3. The maximum atomic E-state index is 5.97. The van der Waals surface area contributed by atoms with E-state index in [1.807, 2.05) is 42.5 Å². The highest BCUT2D eigenvalue weighted by molar-refractivity contribution is 9.10. The summed E-state index contributed by atoms with van der Waals surface area (Å²) in [4.78, 5) is 8.96. The summed E-state index contributed by atoms with van der Waals surface area (Å²) < 4.78 is 0.869. The van der Waals surface area contributed by atoms with Gasteiger partial charge in [0.2, 0.25) is 0 Å². The van der Waals surface area contributed by atoms with Gasteiger partial charge in [0.25, 0.3) is 0 Å². The highest BCUT2D eigenvalue weighted by atomic mass is 79.9. The van der Waals surface area contributed by atoms with Gasteiger partial charge < -0.3 is 5.32 Å². The van der Waals surface area contributed by atoms with Crippen LogP contribution in [0.5, 0.6) is 0 Å². The number of nitrogens with zero attached hydrogens (tertiary/aromatic N) is 2. The van der Waals surface area contributed by atoms with E-state index in [4.69, 9.17) is 11.6 Å². The maximum Gasteiger partial charge on any atom is 0.0890 e. The van der Waals surface area contributed by atoms with Crippen molar-refractivity contribution in [1.82, 2.24) is 9.97 Å². The van der Waals surface area contributed by atoms with Gasteiger partial charge in [-0.05, 0) is 46.3 Å². The molecule has 0 unspecified atom stereocenters. The number of anilines is 1. The Labute approximate surface area is 130 Å². The lowest BCUT2D eigenvalue weighted by Gasteiger charge is -2.07. The summed E-state index contributed by atoms with van der Waals surface area (Å²) in [5.41, 5.74) is 3.69. The van der Waals surface area contributed by atoms with Crippen LogP contribution in [0.1, 0.15) is 5.69 Å². The van der Waals surface area contributed by atoms with E-state index in [1.54, 1.807) is 6.20 Å². The van der Waals surface area contributed by atoms with Crippen molar-refractivity contribution in [3.8, 4) is 0 Å². The first-order valence-corrected chi connectivity index (χ1v) is 7.29. The van der Waals surface area contributed by atoms with Crippen LogP contribution in [-0.2, 0) is 6.54 Å². The van der Waals surface area contributed by atoms with E-state index in [-0.39, 0.29) is 0 Å². The van der Waals surface area contributed by atoms with Gasteiger partial charge in [-0.25, -0.2) is 4.98 Å². The zero-order chi connectivity index (χ0) is 13.9. The van der Waals surface area contributed by atoms with Gasteiger partial charge in [0.15, 0.2) is 0 Å². The summed E-state index contributed by atoms with van der Waals surface area (Å²) in [5, 5.41) is 4.00. The summed E-state index contributed by atoms with van der Waals surface area (Å²) in [7, 11) is 0. The molecule has 2 aromatic carbocycles. The smallest absolute Gasteiger partial charge is 0.0890 e. The Hall–Kier alpha value is -1.65. The molecule has 0 atom stereocenters. The number of rotatable bonds is 3. The Morgan fingerprint density at radius 3 is 2.70 bits per heavy atom. The molecule has 3 nitrogen and oxygen atoms in total. The Bertz CT molecular complexity index is 761. The fourth-order valence-electron chi connectivity index (χ4n) is 1.88. The van der Waals surface area contributed by atoms with Crippen molar-refractivity contribution < 1.29 is 0 Å². The molecule has 100 valence electrons. The van der Waals surface area contributed by atoms with Gasteiger partial charge >= 0.3 is 0 Å². The molecule has 0 saturated heterocycles. The van der Waals surface area contributed by atoms with Gasteiger partial charge in [-0.2, -0.15) is 0 Å². The third-order valence-electron chi connectivity index (χ3n) is 2.89. The van der Waals surface area contributed by atoms with E-state index in [9.17, 15) is 0 Å². The molecule has 0 spiro atoms. The molecule has 0 aliphatic rings. The topological polar surface area (TPSA) is 37.8 Å². The average Bonchev–Trinajstić information content (AvgIpc) is 2.48. The fourth-order valence-corrected chi connectivity index (χ4v) is 2.38. The van der Waals surface area contributed by atoms with Gasteiger partial charge in [0.1, 0.15) is 0 Å². The number of aromatic nitrogens is 2. The zero-order valence-electron chi connectivity index (χ0n) is 10.5. The molecule has 0 aliphatic carbocycles.